The summed E-state index contributed by atoms with van der Waals surface area (Å²) in [6.45, 7) is 6.77. The van der Waals surface area contributed by atoms with E-state index in [1.807, 2.05) is 24.0 Å². The Morgan fingerprint density at radius 3 is 2.59 bits per heavy atom. The van der Waals surface area contributed by atoms with E-state index < -0.39 is 0 Å². The average molecular weight is 516 g/mol. The monoisotopic (exact) mass is 515 g/mol. The molecule has 190 valence electrons. The molecule has 2 aromatic carbocycles. The van der Waals surface area contributed by atoms with Crippen molar-refractivity contribution in [2.24, 2.45) is 5.73 Å². The molecule has 0 atom stereocenters. The summed E-state index contributed by atoms with van der Waals surface area (Å²) >= 11 is 1.74. The smallest absolute Gasteiger partial charge is 0.258 e. The first-order valence-corrected chi connectivity index (χ1v) is 13.1. The molecule has 1 amide bonds. The van der Waals surface area contributed by atoms with E-state index in [0.29, 0.717) is 42.7 Å². The maximum absolute atomic E-state index is 13.2. The zero-order valence-electron chi connectivity index (χ0n) is 20.8. The number of aromatic nitrogens is 2. The van der Waals surface area contributed by atoms with Gasteiger partial charge in [-0.3, -0.25) is 4.79 Å². The predicted molar refractivity (Wildman–Crippen MR) is 144 cm³/mol. The Morgan fingerprint density at radius 2 is 1.86 bits per heavy atom. The summed E-state index contributed by atoms with van der Waals surface area (Å²) in [5.74, 6) is 1.34. The minimum atomic E-state index is -0.00132. The lowest BCUT2D eigenvalue weighted by molar-refractivity contribution is 0.0989. The van der Waals surface area contributed by atoms with E-state index in [1.165, 1.54) is 10.5 Å². The highest BCUT2D eigenvalue weighted by molar-refractivity contribution is 7.97. The third kappa shape index (κ3) is 5.69. The molecule has 0 spiro atoms. The number of nitrogens with two attached hydrogens (primary N) is 1. The van der Waals surface area contributed by atoms with Crippen LogP contribution in [-0.4, -0.2) is 66.1 Å². The Kier molecular flexibility index (Phi) is 7.55. The maximum Gasteiger partial charge on any atom is 0.258 e. The lowest BCUT2D eigenvalue weighted by atomic mass is 10.1. The Hall–Kier alpha value is -3.65. The van der Waals surface area contributed by atoms with Crippen LogP contribution in [0.15, 0.2) is 53.4 Å². The Morgan fingerprint density at radius 1 is 1.08 bits per heavy atom. The fourth-order valence-corrected chi connectivity index (χ4v) is 5.52. The molecule has 0 saturated carbocycles. The van der Waals surface area contributed by atoms with Crippen LogP contribution in [0, 0.1) is 18.3 Å². The highest BCUT2D eigenvalue weighted by Crippen LogP contribution is 2.34. The molecule has 9 nitrogen and oxygen atoms in total. The molecule has 5 rings (SSSR count). The van der Waals surface area contributed by atoms with Crippen LogP contribution in [0.3, 0.4) is 0 Å². The molecule has 0 bridgehead atoms. The number of benzene rings is 2. The van der Waals surface area contributed by atoms with Gasteiger partial charge in [0.05, 0.1) is 0 Å². The van der Waals surface area contributed by atoms with Gasteiger partial charge in [-0.1, -0.05) is 0 Å². The van der Waals surface area contributed by atoms with Crippen LogP contribution in [0.2, 0.25) is 0 Å². The minimum Gasteiger partial charge on any atom is -0.492 e. The second kappa shape index (κ2) is 11.2. The number of hydrogen-bond donors (Lipinski definition) is 1. The summed E-state index contributed by atoms with van der Waals surface area (Å²) in [5, 5.41) is 9.20. The first-order valence-electron chi connectivity index (χ1n) is 12.4. The number of amides is 1. The van der Waals surface area contributed by atoms with Crippen molar-refractivity contribution in [2.75, 3.05) is 55.7 Å². The number of rotatable bonds is 7. The van der Waals surface area contributed by atoms with Crippen molar-refractivity contribution >= 4 is 29.5 Å². The minimum absolute atomic E-state index is 0.00132. The SMILES string of the molecule is Cc1cc(C#N)nc(N2CCN(Sc3ccc4c(c3)CCN4C(=O)c3ccc(OCCN)cc3)CC2)n1. The highest BCUT2D eigenvalue weighted by Gasteiger charge is 2.27. The second-order valence-electron chi connectivity index (χ2n) is 8.97. The topological polar surface area (TPSA) is 112 Å². The largest absolute Gasteiger partial charge is 0.492 e. The van der Waals surface area contributed by atoms with Crippen LogP contribution in [0.5, 0.6) is 5.75 Å². The number of fused-ring (bicyclic) bond motifs is 1. The number of aryl methyl sites for hydroxylation is 1. The molecule has 0 aliphatic carbocycles. The number of nitriles is 1. The van der Waals surface area contributed by atoms with Crippen LogP contribution in [-0.2, 0) is 6.42 Å². The lowest BCUT2D eigenvalue weighted by Crippen LogP contribution is -2.44. The van der Waals surface area contributed by atoms with Crippen molar-refractivity contribution in [1.82, 2.24) is 14.3 Å². The van der Waals surface area contributed by atoms with Gasteiger partial charge in [-0.05, 0) is 79.4 Å². The summed E-state index contributed by atoms with van der Waals surface area (Å²) in [5.41, 5.74) is 9.50. The summed E-state index contributed by atoms with van der Waals surface area (Å²) in [7, 11) is 0. The van der Waals surface area contributed by atoms with Gasteiger partial charge in [0, 0.05) is 61.1 Å². The molecule has 1 saturated heterocycles. The summed E-state index contributed by atoms with van der Waals surface area (Å²) in [6, 6.07) is 17.4. The molecule has 3 heterocycles. The number of carbonyl (C=O) groups excluding carboxylic acids is 1. The van der Waals surface area contributed by atoms with E-state index in [0.717, 1.165) is 44.0 Å². The summed E-state index contributed by atoms with van der Waals surface area (Å²) in [4.78, 5) is 27.2. The highest BCUT2D eigenvalue weighted by atomic mass is 32.2. The van der Waals surface area contributed by atoms with Crippen LogP contribution >= 0.6 is 11.9 Å². The van der Waals surface area contributed by atoms with Crippen LogP contribution < -0.4 is 20.3 Å². The number of piperazine rings is 1. The molecule has 2 aliphatic heterocycles. The van der Waals surface area contributed by atoms with Crippen molar-refractivity contribution in [3.05, 3.63) is 71.0 Å². The lowest BCUT2D eigenvalue weighted by Gasteiger charge is -2.34. The summed E-state index contributed by atoms with van der Waals surface area (Å²) in [6.07, 6.45) is 0.840. The van der Waals surface area contributed by atoms with E-state index in [1.54, 1.807) is 30.1 Å². The van der Waals surface area contributed by atoms with Gasteiger partial charge >= 0.3 is 0 Å². The van der Waals surface area contributed by atoms with Gasteiger partial charge in [0.1, 0.15) is 24.1 Å². The van der Waals surface area contributed by atoms with Crippen molar-refractivity contribution < 1.29 is 9.53 Å². The number of carbonyl (C=O) groups is 1. The Labute approximate surface area is 221 Å². The molecule has 0 radical (unpaired) electrons. The molecule has 1 aromatic heterocycles. The van der Waals surface area contributed by atoms with E-state index in [2.05, 4.69) is 43.4 Å². The standard InChI is InChI=1S/C27H29N7O2S/c1-19-16-22(18-29)31-27(30-19)32-11-13-33(14-12-32)37-24-6-7-25-21(17-24)8-10-34(25)26(35)20-2-4-23(5-3-20)36-15-9-28/h2-7,16-17H,8-15,28H2,1H3. The van der Waals surface area contributed by atoms with Crippen molar-refractivity contribution in [3.63, 3.8) is 0 Å². The van der Waals surface area contributed by atoms with E-state index >= 15 is 0 Å². The molecule has 2 aliphatic rings. The average Bonchev–Trinajstić information content (AvgIpc) is 3.35. The Bertz CT molecular complexity index is 1320. The van der Waals surface area contributed by atoms with E-state index in [9.17, 15) is 10.1 Å². The molecular weight excluding hydrogens is 486 g/mol. The number of nitrogens with zero attached hydrogens (tertiary/aromatic N) is 6. The van der Waals surface area contributed by atoms with E-state index in [4.69, 9.17) is 10.5 Å². The third-order valence-electron chi connectivity index (χ3n) is 6.39. The van der Waals surface area contributed by atoms with Crippen molar-refractivity contribution in [1.29, 1.82) is 5.26 Å². The van der Waals surface area contributed by atoms with Gasteiger partial charge in [0.2, 0.25) is 5.95 Å². The van der Waals surface area contributed by atoms with Gasteiger partial charge in [-0.15, -0.1) is 0 Å². The van der Waals surface area contributed by atoms with E-state index in [-0.39, 0.29) is 5.91 Å². The molecule has 1 fully saturated rings. The zero-order valence-corrected chi connectivity index (χ0v) is 21.6. The number of hydrogen-bond acceptors (Lipinski definition) is 9. The second-order valence-corrected chi connectivity index (χ2v) is 10.1. The van der Waals surface area contributed by atoms with Gasteiger partial charge in [-0.25, -0.2) is 14.3 Å². The third-order valence-corrected chi connectivity index (χ3v) is 7.48. The molecule has 2 N–H and O–H groups in total. The maximum atomic E-state index is 13.2. The first-order chi connectivity index (χ1) is 18.0. The van der Waals surface area contributed by atoms with Crippen LogP contribution in [0.4, 0.5) is 11.6 Å². The fourth-order valence-electron chi connectivity index (χ4n) is 4.55. The number of anilines is 2. The molecule has 3 aromatic rings. The van der Waals surface area contributed by atoms with Gasteiger partial charge in [0.25, 0.3) is 5.91 Å². The first kappa shape index (κ1) is 25.0. The van der Waals surface area contributed by atoms with Gasteiger partial charge in [0.15, 0.2) is 0 Å². The molecule has 0 unspecified atom stereocenters. The van der Waals surface area contributed by atoms with Crippen molar-refractivity contribution in [3.8, 4) is 11.8 Å². The predicted octanol–water partition coefficient (Wildman–Crippen LogP) is 3.03. The van der Waals surface area contributed by atoms with Gasteiger partial charge < -0.3 is 20.3 Å². The van der Waals surface area contributed by atoms with Crippen LogP contribution in [0.1, 0.15) is 27.3 Å². The Balaban J connectivity index is 1.19. The quantitative estimate of drug-likeness (QED) is 0.475. The normalized spacial score (nSPS) is 15.4. The number of ether oxygens (including phenoxy) is 1. The zero-order chi connectivity index (χ0) is 25.8. The fraction of sp³-hybridized carbons (Fsp3) is 0.333. The van der Waals surface area contributed by atoms with Gasteiger partial charge in [-0.2, -0.15) is 5.26 Å². The van der Waals surface area contributed by atoms with Crippen LogP contribution in [0.25, 0.3) is 0 Å². The molecular formula is C27H29N7O2S. The molecule has 10 heteroatoms. The molecule has 37 heavy (non-hydrogen) atoms. The summed E-state index contributed by atoms with van der Waals surface area (Å²) < 4.78 is 7.85. The van der Waals surface area contributed by atoms with Crippen molar-refractivity contribution in [2.45, 2.75) is 18.2 Å².